The molecular weight excluding hydrogens is 358 g/mol. The summed E-state index contributed by atoms with van der Waals surface area (Å²) in [7, 11) is 3.20. The van der Waals surface area contributed by atoms with Gasteiger partial charge < -0.3 is 19.3 Å². The van der Waals surface area contributed by atoms with Gasteiger partial charge in [0.05, 0.1) is 20.1 Å². The first kappa shape index (κ1) is 20.0. The summed E-state index contributed by atoms with van der Waals surface area (Å²) >= 11 is 0. The van der Waals surface area contributed by atoms with Crippen LogP contribution in [0.2, 0.25) is 0 Å². The molecule has 2 aromatic carbocycles. The molecular formula is C22H27NO5. The summed E-state index contributed by atoms with van der Waals surface area (Å²) in [5.41, 5.74) is 1.13. The summed E-state index contributed by atoms with van der Waals surface area (Å²) < 4.78 is 16.5. The Balaban J connectivity index is 1.64. The highest BCUT2D eigenvalue weighted by Gasteiger charge is 2.29. The van der Waals surface area contributed by atoms with E-state index in [0.717, 1.165) is 30.8 Å². The van der Waals surface area contributed by atoms with Crippen molar-refractivity contribution in [2.75, 3.05) is 27.3 Å². The molecule has 1 aliphatic heterocycles. The molecule has 0 saturated carbocycles. The van der Waals surface area contributed by atoms with E-state index in [4.69, 9.17) is 14.2 Å². The average molecular weight is 385 g/mol. The molecule has 1 N–H and O–H groups in total. The lowest BCUT2D eigenvalue weighted by atomic mass is 9.90. The van der Waals surface area contributed by atoms with Crippen LogP contribution in [0.3, 0.4) is 0 Å². The molecule has 0 radical (unpaired) electrons. The molecule has 3 rings (SSSR count). The molecule has 0 spiro atoms. The summed E-state index contributed by atoms with van der Waals surface area (Å²) in [5.74, 6) is 2.09. The molecule has 0 aliphatic carbocycles. The molecule has 0 aromatic heterocycles. The first-order valence-corrected chi connectivity index (χ1v) is 9.42. The monoisotopic (exact) mass is 385 g/mol. The quantitative estimate of drug-likeness (QED) is 0.776. The molecule has 2 atom stereocenters. The van der Waals surface area contributed by atoms with Gasteiger partial charge in [-0.05, 0) is 30.0 Å². The predicted octanol–water partition coefficient (Wildman–Crippen LogP) is 4.04. The number of hydrogen-bond acceptors (Lipinski definition) is 5. The lowest BCUT2D eigenvalue weighted by Crippen LogP contribution is -2.41. The molecule has 2 aromatic rings. The number of carboxylic acids is 1. The number of benzene rings is 2. The van der Waals surface area contributed by atoms with Gasteiger partial charge in [-0.2, -0.15) is 0 Å². The fourth-order valence-electron chi connectivity index (χ4n) is 3.67. The molecule has 0 amide bonds. The Hall–Kier alpha value is -2.73. The number of hydrogen-bond donors (Lipinski definition) is 1. The van der Waals surface area contributed by atoms with Gasteiger partial charge in [0.15, 0.2) is 0 Å². The third-order valence-electron chi connectivity index (χ3n) is 4.97. The Morgan fingerprint density at radius 1 is 1.00 bits per heavy atom. The van der Waals surface area contributed by atoms with Gasteiger partial charge in [-0.25, -0.2) is 0 Å². The van der Waals surface area contributed by atoms with E-state index >= 15 is 0 Å². The van der Waals surface area contributed by atoms with Crippen LogP contribution in [0, 0.1) is 11.8 Å². The van der Waals surface area contributed by atoms with Gasteiger partial charge in [0.2, 0.25) is 0 Å². The number of methoxy groups -OCH3 is 2. The molecule has 28 heavy (non-hydrogen) atoms. The van der Waals surface area contributed by atoms with Gasteiger partial charge >= 0.3 is 5.97 Å². The van der Waals surface area contributed by atoms with Crippen LogP contribution in [0.25, 0.3) is 0 Å². The van der Waals surface area contributed by atoms with E-state index in [-0.39, 0.29) is 5.92 Å². The van der Waals surface area contributed by atoms with Crippen molar-refractivity contribution < 1.29 is 24.1 Å². The van der Waals surface area contributed by atoms with Crippen LogP contribution < -0.4 is 14.2 Å². The molecule has 1 heterocycles. The number of piperidine rings is 1. The van der Waals surface area contributed by atoms with Gasteiger partial charge in [0.25, 0.3) is 0 Å². The first-order valence-electron chi connectivity index (χ1n) is 9.42. The van der Waals surface area contributed by atoms with E-state index in [1.165, 1.54) is 0 Å². The van der Waals surface area contributed by atoms with Crippen LogP contribution in [-0.2, 0) is 11.3 Å². The van der Waals surface area contributed by atoms with E-state index in [2.05, 4.69) is 11.8 Å². The molecule has 0 bridgehead atoms. The fraction of sp³-hybridized carbons (Fsp3) is 0.409. The summed E-state index contributed by atoms with van der Waals surface area (Å²) in [4.78, 5) is 13.6. The highest BCUT2D eigenvalue weighted by Crippen LogP contribution is 2.31. The van der Waals surface area contributed by atoms with Crippen molar-refractivity contribution in [1.82, 2.24) is 4.90 Å². The second-order valence-corrected chi connectivity index (χ2v) is 7.36. The maximum atomic E-state index is 11.3. The standard InChI is InChI=1S/C22H27NO5/c1-15-8-17(22(24)25)14-23(12-15)13-16-4-6-18(7-5-16)28-21-10-19(26-2)9-20(11-21)27-3/h4-7,9-11,15,17H,8,12-14H2,1-3H3,(H,24,25). The van der Waals surface area contributed by atoms with Gasteiger partial charge in [0, 0.05) is 37.8 Å². The number of nitrogens with zero attached hydrogens (tertiary/aromatic N) is 1. The van der Waals surface area contributed by atoms with Crippen molar-refractivity contribution in [3.63, 3.8) is 0 Å². The van der Waals surface area contributed by atoms with Gasteiger partial charge in [-0.1, -0.05) is 19.1 Å². The van der Waals surface area contributed by atoms with Crippen LogP contribution in [0.5, 0.6) is 23.0 Å². The molecule has 1 aliphatic rings. The van der Waals surface area contributed by atoms with E-state index in [0.29, 0.717) is 29.7 Å². The predicted molar refractivity (Wildman–Crippen MR) is 106 cm³/mol. The highest BCUT2D eigenvalue weighted by molar-refractivity contribution is 5.70. The van der Waals surface area contributed by atoms with Crippen molar-refractivity contribution in [2.24, 2.45) is 11.8 Å². The topological polar surface area (TPSA) is 68.2 Å². The molecule has 150 valence electrons. The Labute approximate surface area is 165 Å². The van der Waals surface area contributed by atoms with E-state index in [1.807, 2.05) is 24.3 Å². The average Bonchev–Trinajstić information content (AvgIpc) is 2.68. The summed E-state index contributed by atoms with van der Waals surface area (Å²) in [5, 5.41) is 9.33. The van der Waals surface area contributed by atoms with Gasteiger partial charge in [-0.3, -0.25) is 9.69 Å². The van der Waals surface area contributed by atoms with E-state index in [1.54, 1.807) is 32.4 Å². The summed E-state index contributed by atoms with van der Waals surface area (Å²) in [6.45, 7) is 4.37. The molecule has 2 unspecified atom stereocenters. The number of aliphatic carboxylic acids is 1. The van der Waals surface area contributed by atoms with E-state index in [9.17, 15) is 9.90 Å². The van der Waals surface area contributed by atoms with Crippen LogP contribution in [0.15, 0.2) is 42.5 Å². The zero-order valence-electron chi connectivity index (χ0n) is 16.6. The smallest absolute Gasteiger partial charge is 0.307 e. The largest absolute Gasteiger partial charge is 0.496 e. The number of carboxylic acid groups (broad SMARTS) is 1. The molecule has 1 fully saturated rings. The van der Waals surface area contributed by atoms with Gasteiger partial charge in [-0.15, -0.1) is 0 Å². The molecule has 1 saturated heterocycles. The minimum Gasteiger partial charge on any atom is -0.496 e. The lowest BCUT2D eigenvalue weighted by molar-refractivity contribution is -0.144. The van der Waals surface area contributed by atoms with Crippen LogP contribution in [0.4, 0.5) is 0 Å². The first-order chi connectivity index (χ1) is 13.5. The third kappa shape index (κ3) is 5.16. The maximum absolute atomic E-state index is 11.3. The minimum absolute atomic E-state index is 0.283. The SMILES string of the molecule is COc1cc(OC)cc(Oc2ccc(CN3CC(C)CC(C(=O)O)C3)cc2)c1. The minimum atomic E-state index is -0.700. The van der Waals surface area contributed by atoms with Crippen LogP contribution in [-0.4, -0.2) is 43.3 Å². The Kier molecular flexibility index (Phi) is 6.41. The third-order valence-corrected chi connectivity index (χ3v) is 4.97. The number of rotatable bonds is 7. The molecule has 6 nitrogen and oxygen atoms in total. The normalized spacial score (nSPS) is 19.8. The number of ether oxygens (including phenoxy) is 3. The van der Waals surface area contributed by atoms with Crippen molar-refractivity contribution in [1.29, 1.82) is 0 Å². The number of likely N-dealkylation sites (tertiary alicyclic amines) is 1. The zero-order chi connectivity index (χ0) is 20.1. The second kappa shape index (κ2) is 8.97. The van der Waals surface area contributed by atoms with Crippen molar-refractivity contribution in [3.8, 4) is 23.0 Å². The maximum Gasteiger partial charge on any atom is 0.307 e. The van der Waals surface area contributed by atoms with Gasteiger partial charge in [0.1, 0.15) is 23.0 Å². The lowest BCUT2D eigenvalue weighted by Gasteiger charge is -2.34. The Bertz CT molecular complexity index is 783. The Morgan fingerprint density at radius 2 is 1.61 bits per heavy atom. The van der Waals surface area contributed by atoms with Crippen LogP contribution >= 0.6 is 0 Å². The van der Waals surface area contributed by atoms with Crippen LogP contribution in [0.1, 0.15) is 18.9 Å². The molecule has 6 heteroatoms. The van der Waals surface area contributed by atoms with Crippen molar-refractivity contribution in [3.05, 3.63) is 48.0 Å². The van der Waals surface area contributed by atoms with Crippen molar-refractivity contribution >= 4 is 5.97 Å². The zero-order valence-corrected chi connectivity index (χ0v) is 16.6. The van der Waals surface area contributed by atoms with E-state index < -0.39 is 5.97 Å². The van der Waals surface area contributed by atoms with Crippen molar-refractivity contribution in [2.45, 2.75) is 19.9 Å². The second-order valence-electron chi connectivity index (χ2n) is 7.36. The summed E-state index contributed by atoms with van der Waals surface area (Å²) in [6, 6.07) is 13.3. The Morgan fingerprint density at radius 3 is 2.18 bits per heavy atom. The number of carbonyl (C=O) groups is 1. The highest BCUT2D eigenvalue weighted by atomic mass is 16.5. The summed E-state index contributed by atoms with van der Waals surface area (Å²) in [6.07, 6.45) is 0.753. The fourth-order valence-corrected chi connectivity index (χ4v) is 3.67.